The van der Waals surface area contributed by atoms with E-state index in [4.69, 9.17) is 0 Å². The Bertz CT molecular complexity index is 656. The Morgan fingerprint density at radius 3 is 2.64 bits per heavy atom. The fourth-order valence-corrected chi connectivity index (χ4v) is 2.88. The molecule has 0 atom stereocenters. The van der Waals surface area contributed by atoms with Gasteiger partial charge in [-0.25, -0.2) is 0 Å². The lowest BCUT2D eigenvalue weighted by atomic mass is 10.1. The van der Waals surface area contributed by atoms with Crippen molar-refractivity contribution >= 4 is 5.91 Å². The minimum absolute atomic E-state index is 0.143. The number of nitrogens with zero attached hydrogens (tertiary/aromatic N) is 4. The van der Waals surface area contributed by atoms with Crippen molar-refractivity contribution in [3.63, 3.8) is 0 Å². The maximum absolute atomic E-state index is 12.5. The minimum atomic E-state index is 0.143. The first-order valence-electron chi connectivity index (χ1n) is 7.67. The molecule has 1 amide bonds. The standard InChI is InChI=1S/C17H22N4O/c1-14-4-3-5-16(10-14)17(22)21-8-6-20(7-9-21)13-15-11-18-19(2)12-15/h3-5,10-12H,6-9,13H2,1-2H3. The number of piperazine rings is 1. The molecule has 0 bridgehead atoms. The Labute approximate surface area is 131 Å². The average Bonchev–Trinajstić information content (AvgIpc) is 2.92. The SMILES string of the molecule is Cc1cccc(C(=O)N2CCN(Cc3cnn(C)c3)CC2)c1. The maximum atomic E-state index is 12.5. The number of benzene rings is 1. The molecule has 0 unspecified atom stereocenters. The molecule has 1 saturated heterocycles. The van der Waals surface area contributed by atoms with E-state index in [9.17, 15) is 4.79 Å². The second-order valence-corrected chi connectivity index (χ2v) is 5.96. The van der Waals surface area contributed by atoms with Gasteiger partial charge in [-0.05, 0) is 19.1 Å². The van der Waals surface area contributed by atoms with Gasteiger partial charge < -0.3 is 4.90 Å². The molecule has 1 aromatic carbocycles. The summed E-state index contributed by atoms with van der Waals surface area (Å²) in [6.45, 7) is 6.31. The third-order valence-electron chi connectivity index (χ3n) is 4.09. The number of aryl methyl sites for hydroxylation is 2. The van der Waals surface area contributed by atoms with Crippen LogP contribution >= 0.6 is 0 Å². The highest BCUT2D eigenvalue weighted by molar-refractivity contribution is 5.94. The fraction of sp³-hybridized carbons (Fsp3) is 0.412. The highest BCUT2D eigenvalue weighted by Gasteiger charge is 2.22. The summed E-state index contributed by atoms with van der Waals surface area (Å²) in [7, 11) is 1.93. The van der Waals surface area contributed by atoms with Crippen molar-refractivity contribution in [2.45, 2.75) is 13.5 Å². The van der Waals surface area contributed by atoms with E-state index in [2.05, 4.69) is 10.00 Å². The van der Waals surface area contributed by atoms with E-state index in [1.54, 1.807) is 0 Å². The number of amides is 1. The summed E-state index contributed by atoms with van der Waals surface area (Å²) >= 11 is 0. The van der Waals surface area contributed by atoms with Gasteiger partial charge in [-0.3, -0.25) is 14.4 Å². The smallest absolute Gasteiger partial charge is 0.253 e. The van der Waals surface area contributed by atoms with Crippen LogP contribution in [0.15, 0.2) is 36.7 Å². The van der Waals surface area contributed by atoms with Gasteiger partial charge in [0.15, 0.2) is 0 Å². The van der Waals surface area contributed by atoms with E-state index in [0.717, 1.165) is 43.9 Å². The topological polar surface area (TPSA) is 41.4 Å². The minimum Gasteiger partial charge on any atom is -0.336 e. The van der Waals surface area contributed by atoms with Crippen molar-refractivity contribution < 1.29 is 4.79 Å². The third kappa shape index (κ3) is 3.36. The summed E-state index contributed by atoms with van der Waals surface area (Å²) in [5.41, 5.74) is 3.14. The van der Waals surface area contributed by atoms with Crippen LogP contribution in [0, 0.1) is 6.92 Å². The highest BCUT2D eigenvalue weighted by Crippen LogP contribution is 2.12. The Kier molecular flexibility index (Phi) is 4.24. The van der Waals surface area contributed by atoms with E-state index < -0.39 is 0 Å². The van der Waals surface area contributed by atoms with Crippen molar-refractivity contribution in [3.05, 3.63) is 53.3 Å². The molecule has 0 spiro atoms. The molecule has 5 nitrogen and oxygen atoms in total. The molecule has 1 aromatic heterocycles. The summed E-state index contributed by atoms with van der Waals surface area (Å²) in [5.74, 6) is 0.143. The monoisotopic (exact) mass is 298 g/mol. The first-order valence-corrected chi connectivity index (χ1v) is 7.67. The molecule has 116 valence electrons. The van der Waals surface area contributed by atoms with Crippen LogP contribution in [0.2, 0.25) is 0 Å². The summed E-state index contributed by atoms with van der Waals surface area (Å²) in [5, 5.41) is 4.20. The third-order valence-corrected chi connectivity index (χ3v) is 4.09. The van der Waals surface area contributed by atoms with Crippen LogP contribution in [0.4, 0.5) is 0 Å². The maximum Gasteiger partial charge on any atom is 0.253 e. The Balaban J connectivity index is 1.56. The summed E-state index contributed by atoms with van der Waals surface area (Å²) < 4.78 is 1.83. The number of carbonyl (C=O) groups excluding carboxylic acids is 1. The molecule has 3 rings (SSSR count). The number of aromatic nitrogens is 2. The number of hydrogen-bond donors (Lipinski definition) is 0. The molecule has 1 aliphatic rings. The van der Waals surface area contributed by atoms with Gasteiger partial charge in [-0.2, -0.15) is 5.10 Å². The molecule has 5 heteroatoms. The van der Waals surface area contributed by atoms with Gasteiger partial charge in [0.2, 0.25) is 0 Å². The zero-order valence-corrected chi connectivity index (χ0v) is 13.2. The van der Waals surface area contributed by atoms with Gasteiger partial charge in [0.25, 0.3) is 5.91 Å². The quantitative estimate of drug-likeness (QED) is 0.866. The Morgan fingerprint density at radius 2 is 2.00 bits per heavy atom. The largest absolute Gasteiger partial charge is 0.336 e. The molecule has 1 fully saturated rings. The second-order valence-electron chi connectivity index (χ2n) is 5.96. The van der Waals surface area contributed by atoms with Gasteiger partial charge in [-0.1, -0.05) is 17.7 Å². The van der Waals surface area contributed by atoms with Crippen molar-refractivity contribution in [2.24, 2.45) is 7.05 Å². The molecule has 0 N–H and O–H groups in total. The van der Waals surface area contributed by atoms with Crippen LogP contribution < -0.4 is 0 Å². The molecule has 2 aromatic rings. The molecular formula is C17H22N4O. The van der Waals surface area contributed by atoms with Gasteiger partial charge in [0, 0.05) is 57.1 Å². The lowest BCUT2D eigenvalue weighted by molar-refractivity contribution is 0.0628. The summed E-state index contributed by atoms with van der Waals surface area (Å²) in [6, 6.07) is 7.82. The number of hydrogen-bond acceptors (Lipinski definition) is 3. The van der Waals surface area contributed by atoms with Crippen LogP contribution in [0.3, 0.4) is 0 Å². The van der Waals surface area contributed by atoms with Crippen molar-refractivity contribution in [3.8, 4) is 0 Å². The zero-order valence-electron chi connectivity index (χ0n) is 13.2. The van der Waals surface area contributed by atoms with Crippen molar-refractivity contribution in [1.82, 2.24) is 19.6 Å². The molecule has 1 aliphatic heterocycles. The van der Waals surface area contributed by atoms with E-state index in [1.807, 2.05) is 60.2 Å². The van der Waals surface area contributed by atoms with E-state index in [1.165, 1.54) is 5.56 Å². The van der Waals surface area contributed by atoms with Crippen molar-refractivity contribution in [2.75, 3.05) is 26.2 Å². The van der Waals surface area contributed by atoms with Crippen LogP contribution in [0.5, 0.6) is 0 Å². The van der Waals surface area contributed by atoms with Gasteiger partial charge in [0.1, 0.15) is 0 Å². The Hall–Kier alpha value is -2.14. The van der Waals surface area contributed by atoms with Crippen LogP contribution in [-0.2, 0) is 13.6 Å². The molecule has 0 radical (unpaired) electrons. The number of carbonyl (C=O) groups is 1. The van der Waals surface area contributed by atoms with Crippen LogP contribution in [-0.4, -0.2) is 51.7 Å². The lowest BCUT2D eigenvalue weighted by Gasteiger charge is -2.34. The summed E-state index contributed by atoms with van der Waals surface area (Å²) in [6.07, 6.45) is 3.95. The molecule has 22 heavy (non-hydrogen) atoms. The van der Waals surface area contributed by atoms with Gasteiger partial charge >= 0.3 is 0 Å². The first-order chi connectivity index (χ1) is 10.6. The normalized spacial score (nSPS) is 16.0. The van der Waals surface area contributed by atoms with E-state index in [-0.39, 0.29) is 5.91 Å². The predicted molar refractivity (Wildman–Crippen MR) is 85.6 cm³/mol. The molecule has 2 heterocycles. The van der Waals surface area contributed by atoms with E-state index >= 15 is 0 Å². The molecule has 0 aliphatic carbocycles. The lowest BCUT2D eigenvalue weighted by Crippen LogP contribution is -2.48. The van der Waals surface area contributed by atoms with Gasteiger partial charge in [0.05, 0.1) is 6.20 Å². The second kappa shape index (κ2) is 6.32. The molecule has 0 saturated carbocycles. The number of rotatable bonds is 3. The predicted octanol–water partition coefficient (Wildman–Crippen LogP) is 1.69. The Morgan fingerprint density at radius 1 is 1.23 bits per heavy atom. The fourth-order valence-electron chi connectivity index (χ4n) is 2.88. The zero-order chi connectivity index (χ0) is 15.5. The molecular weight excluding hydrogens is 276 g/mol. The van der Waals surface area contributed by atoms with Crippen LogP contribution in [0.25, 0.3) is 0 Å². The first kappa shape index (κ1) is 14.8. The van der Waals surface area contributed by atoms with Crippen molar-refractivity contribution in [1.29, 1.82) is 0 Å². The summed E-state index contributed by atoms with van der Waals surface area (Å²) in [4.78, 5) is 16.8. The average molecular weight is 298 g/mol. The van der Waals surface area contributed by atoms with Crippen LogP contribution in [0.1, 0.15) is 21.5 Å². The van der Waals surface area contributed by atoms with E-state index in [0.29, 0.717) is 0 Å². The highest BCUT2D eigenvalue weighted by atomic mass is 16.2. The van der Waals surface area contributed by atoms with Gasteiger partial charge in [-0.15, -0.1) is 0 Å².